The first-order valence-electron chi connectivity index (χ1n) is 2.93. The Labute approximate surface area is 54.2 Å². The van der Waals surface area contributed by atoms with Crippen molar-refractivity contribution in [3.05, 3.63) is 30.2 Å². The van der Waals surface area contributed by atoms with Gasteiger partial charge in [0.2, 0.25) is 0 Å². The van der Waals surface area contributed by atoms with Crippen molar-refractivity contribution in [1.82, 2.24) is 5.16 Å². The summed E-state index contributed by atoms with van der Waals surface area (Å²) in [7, 11) is 0. The molecule has 0 saturated heterocycles. The molecular formula is C7H9NO. The van der Waals surface area contributed by atoms with E-state index in [9.17, 15) is 0 Å². The summed E-state index contributed by atoms with van der Waals surface area (Å²) in [5, 5.41) is 3.57. The molecule has 0 atom stereocenters. The van der Waals surface area contributed by atoms with Crippen LogP contribution >= 0.6 is 0 Å². The Morgan fingerprint density at radius 2 is 2.67 bits per heavy atom. The first-order chi connectivity index (χ1) is 4.43. The fraction of sp³-hybridized carbons (Fsp3) is 0.286. The lowest BCUT2D eigenvalue weighted by atomic mass is 10.2. The molecule has 0 spiro atoms. The van der Waals surface area contributed by atoms with Gasteiger partial charge in [-0.3, -0.25) is 0 Å². The zero-order valence-corrected chi connectivity index (χ0v) is 5.37. The lowest BCUT2D eigenvalue weighted by molar-refractivity contribution is 0.419. The molecule has 0 aliphatic rings. The molecule has 2 nitrogen and oxygen atoms in total. The smallest absolute Gasteiger partial charge is 0.127 e. The van der Waals surface area contributed by atoms with E-state index in [1.807, 2.05) is 13.0 Å². The summed E-state index contributed by atoms with van der Waals surface area (Å²) < 4.78 is 4.63. The number of hydrogen-bond acceptors (Lipinski definition) is 2. The van der Waals surface area contributed by atoms with Crippen LogP contribution in [0, 0.1) is 0 Å². The van der Waals surface area contributed by atoms with Gasteiger partial charge in [-0.25, -0.2) is 0 Å². The van der Waals surface area contributed by atoms with Crippen LogP contribution in [0.1, 0.15) is 12.5 Å². The Morgan fingerprint density at radius 1 is 1.78 bits per heavy atom. The third-order valence-electron chi connectivity index (χ3n) is 1.07. The minimum atomic E-state index is 0.917. The summed E-state index contributed by atoms with van der Waals surface area (Å²) in [4.78, 5) is 0. The summed E-state index contributed by atoms with van der Waals surface area (Å²) in [5.74, 6) is 0. The molecule has 1 rings (SSSR count). The largest absolute Gasteiger partial charge is 0.364 e. The fourth-order valence-corrected chi connectivity index (χ4v) is 0.581. The van der Waals surface area contributed by atoms with E-state index in [1.165, 1.54) is 0 Å². The Hall–Kier alpha value is -1.05. The molecule has 0 aromatic carbocycles. The van der Waals surface area contributed by atoms with Gasteiger partial charge in [0.25, 0.3) is 0 Å². The van der Waals surface area contributed by atoms with E-state index in [-0.39, 0.29) is 0 Å². The van der Waals surface area contributed by atoms with Gasteiger partial charge in [0.1, 0.15) is 6.26 Å². The molecule has 0 bridgehead atoms. The zero-order chi connectivity index (χ0) is 6.53. The van der Waals surface area contributed by atoms with Crippen molar-refractivity contribution in [3.63, 3.8) is 0 Å². The molecule has 0 aliphatic heterocycles. The van der Waals surface area contributed by atoms with Gasteiger partial charge in [0.15, 0.2) is 0 Å². The summed E-state index contributed by atoms with van der Waals surface area (Å²) in [6.45, 7) is 1.99. The number of aromatic nitrogens is 1. The number of nitrogens with zero attached hydrogens (tertiary/aromatic N) is 1. The summed E-state index contributed by atoms with van der Waals surface area (Å²) in [5.41, 5.74) is 1.12. The van der Waals surface area contributed by atoms with Crippen molar-refractivity contribution in [2.45, 2.75) is 13.3 Å². The van der Waals surface area contributed by atoms with Crippen LogP contribution in [-0.2, 0) is 6.42 Å². The van der Waals surface area contributed by atoms with Gasteiger partial charge >= 0.3 is 0 Å². The second-order valence-electron chi connectivity index (χ2n) is 1.81. The maximum absolute atomic E-state index is 4.63. The standard InChI is InChI=1S/C7H9NO/c1-2-3-4-7-5-8-9-6-7/h2-3,5-6H,4H2,1H3/b3-2-. The SMILES string of the molecule is C/C=C\Cc1cnoc1. The molecule has 9 heavy (non-hydrogen) atoms. The van der Waals surface area contributed by atoms with Crippen molar-refractivity contribution < 1.29 is 4.52 Å². The van der Waals surface area contributed by atoms with E-state index in [0.717, 1.165) is 12.0 Å². The van der Waals surface area contributed by atoms with E-state index in [0.29, 0.717) is 0 Å². The number of rotatable bonds is 2. The molecule has 48 valence electrons. The predicted molar refractivity (Wildman–Crippen MR) is 35.0 cm³/mol. The van der Waals surface area contributed by atoms with E-state index >= 15 is 0 Å². The average Bonchev–Trinajstić information content (AvgIpc) is 2.34. The van der Waals surface area contributed by atoms with Crippen molar-refractivity contribution in [2.75, 3.05) is 0 Å². The summed E-state index contributed by atoms with van der Waals surface area (Å²) in [6.07, 6.45) is 8.36. The molecule has 0 amide bonds. The average molecular weight is 123 g/mol. The first-order valence-corrected chi connectivity index (χ1v) is 2.93. The summed E-state index contributed by atoms with van der Waals surface area (Å²) >= 11 is 0. The van der Waals surface area contributed by atoms with E-state index < -0.39 is 0 Å². The van der Waals surface area contributed by atoms with Gasteiger partial charge in [0.05, 0.1) is 6.20 Å². The Kier molecular flexibility index (Phi) is 2.07. The first kappa shape index (κ1) is 6.08. The zero-order valence-electron chi connectivity index (χ0n) is 5.37. The van der Waals surface area contributed by atoms with Crippen LogP contribution in [0.3, 0.4) is 0 Å². The van der Waals surface area contributed by atoms with Crippen molar-refractivity contribution in [1.29, 1.82) is 0 Å². The van der Waals surface area contributed by atoms with Crippen molar-refractivity contribution >= 4 is 0 Å². The molecule has 2 heteroatoms. The third-order valence-corrected chi connectivity index (χ3v) is 1.07. The highest BCUT2D eigenvalue weighted by molar-refractivity contribution is 5.05. The molecule has 1 aromatic heterocycles. The Morgan fingerprint density at radius 3 is 3.22 bits per heavy atom. The van der Waals surface area contributed by atoms with Gasteiger partial charge in [-0.2, -0.15) is 0 Å². The van der Waals surface area contributed by atoms with E-state index in [4.69, 9.17) is 0 Å². The summed E-state index contributed by atoms with van der Waals surface area (Å²) in [6, 6.07) is 0. The fourth-order valence-electron chi connectivity index (χ4n) is 0.581. The molecule has 0 aliphatic carbocycles. The Bertz CT molecular complexity index is 177. The molecule has 0 unspecified atom stereocenters. The monoisotopic (exact) mass is 123 g/mol. The molecular weight excluding hydrogens is 114 g/mol. The maximum Gasteiger partial charge on any atom is 0.127 e. The minimum absolute atomic E-state index is 0.917. The normalized spacial score (nSPS) is 10.8. The molecule has 0 N–H and O–H groups in total. The molecule has 0 radical (unpaired) electrons. The highest BCUT2D eigenvalue weighted by Crippen LogP contribution is 1.97. The van der Waals surface area contributed by atoms with Crippen LogP contribution in [-0.4, -0.2) is 5.16 Å². The lowest BCUT2D eigenvalue weighted by Gasteiger charge is -1.80. The molecule has 1 heterocycles. The quantitative estimate of drug-likeness (QED) is 0.560. The molecule has 1 aromatic rings. The lowest BCUT2D eigenvalue weighted by Crippen LogP contribution is -1.71. The maximum atomic E-state index is 4.63. The van der Waals surface area contributed by atoms with E-state index in [2.05, 4.69) is 15.8 Å². The Balaban J connectivity index is 2.48. The van der Waals surface area contributed by atoms with Crippen LogP contribution in [0.4, 0.5) is 0 Å². The molecule has 0 fully saturated rings. The van der Waals surface area contributed by atoms with Crippen LogP contribution in [0.25, 0.3) is 0 Å². The van der Waals surface area contributed by atoms with E-state index in [1.54, 1.807) is 12.5 Å². The van der Waals surface area contributed by atoms with Gasteiger partial charge in [0, 0.05) is 5.56 Å². The van der Waals surface area contributed by atoms with Gasteiger partial charge in [-0.15, -0.1) is 0 Å². The minimum Gasteiger partial charge on any atom is -0.364 e. The molecule has 0 saturated carbocycles. The highest BCUT2D eigenvalue weighted by atomic mass is 16.5. The van der Waals surface area contributed by atoms with Gasteiger partial charge in [-0.05, 0) is 13.3 Å². The van der Waals surface area contributed by atoms with Crippen molar-refractivity contribution in [2.24, 2.45) is 0 Å². The van der Waals surface area contributed by atoms with Gasteiger partial charge < -0.3 is 4.52 Å². The predicted octanol–water partition coefficient (Wildman–Crippen LogP) is 1.79. The van der Waals surface area contributed by atoms with Crippen LogP contribution in [0.5, 0.6) is 0 Å². The van der Waals surface area contributed by atoms with Crippen LogP contribution in [0.2, 0.25) is 0 Å². The van der Waals surface area contributed by atoms with Gasteiger partial charge in [-0.1, -0.05) is 17.3 Å². The third kappa shape index (κ3) is 1.72. The topological polar surface area (TPSA) is 26.0 Å². The number of allylic oxidation sites excluding steroid dienone is 2. The highest BCUT2D eigenvalue weighted by Gasteiger charge is 1.88. The second kappa shape index (κ2) is 3.07. The van der Waals surface area contributed by atoms with Crippen molar-refractivity contribution in [3.8, 4) is 0 Å². The second-order valence-corrected chi connectivity index (χ2v) is 1.81. The van der Waals surface area contributed by atoms with Crippen LogP contribution < -0.4 is 0 Å². The van der Waals surface area contributed by atoms with Crippen LogP contribution in [0.15, 0.2) is 29.1 Å². The number of hydrogen-bond donors (Lipinski definition) is 0.